The molecule has 238 valence electrons. The first-order chi connectivity index (χ1) is 21.7. The van der Waals surface area contributed by atoms with Crippen molar-refractivity contribution in [2.45, 2.75) is 38.8 Å². The Morgan fingerprint density at radius 1 is 0.822 bits per heavy atom. The van der Waals surface area contributed by atoms with Crippen molar-refractivity contribution >= 4 is 17.5 Å². The predicted molar refractivity (Wildman–Crippen MR) is 170 cm³/mol. The van der Waals surface area contributed by atoms with E-state index in [-0.39, 0.29) is 29.5 Å². The number of nitrogens with zero attached hydrogens (tertiary/aromatic N) is 1. The van der Waals surface area contributed by atoms with Gasteiger partial charge in [-0.2, -0.15) is 0 Å². The number of rotatable bonds is 9. The van der Waals surface area contributed by atoms with Gasteiger partial charge in [-0.3, -0.25) is 14.4 Å². The topological polar surface area (TPSA) is 125 Å². The molecule has 11 heteroatoms. The van der Waals surface area contributed by atoms with Gasteiger partial charge in [-0.05, 0) is 77.4 Å². The van der Waals surface area contributed by atoms with Gasteiger partial charge in [-0.1, -0.05) is 6.07 Å². The zero-order valence-corrected chi connectivity index (χ0v) is 26.5. The van der Waals surface area contributed by atoms with Crippen LogP contribution in [0.1, 0.15) is 41.6 Å². The van der Waals surface area contributed by atoms with Crippen LogP contribution < -0.4 is 39.7 Å². The Morgan fingerprint density at radius 3 is 2.13 bits per heavy atom. The van der Waals surface area contributed by atoms with Crippen LogP contribution in [0.15, 0.2) is 41.2 Å². The summed E-state index contributed by atoms with van der Waals surface area (Å²) in [6.45, 7) is 2.37. The second kappa shape index (κ2) is 13.4. The van der Waals surface area contributed by atoms with Crippen molar-refractivity contribution in [1.82, 2.24) is 10.2 Å². The van der Waals surface area contributed by atoms with Gasteiger partial charge in [-0.25, -0.2) is 0 Å². The largest absolute Gasteiger partial charge is 0.493 e. The van der Waals surface area contributed by atoms with E-state index < -0.39 is 6.04 Å². The van der Waals surface area contributed by atoms with Gasteiger partial charge in [-0.15, -0.1) is 0 Å². The Bertz CT molecular complexity index is 1690. The summed E-state index contributed by atoms with van der Waals surface area (Å²) in [7, 11) is 7.84. The average molecular weight is 618 g/mol. The van der Waals surface area contributed by atoms with E-state index in [2.05, 4.69) is 10.6 Å². The maximum atomic E-state index is 13.6. The highest BCUT2D eigenvalue weighted by Gasteiger charge is 2.30. The summed E-state index contributed by atoms with van der Waals surface area (Å²) in [5, 5.41) is 6.08. The average Bonchev–Trinajstić information content (AvgIpc) is 3.29. The summed E-state index contributed by atoms with van der Waals surface area (Å²) in [4.78, 5) is 40.9. The third kappa shape index (κ3) is 6.20. The van der Waals surface area contributed by atoms with Gasteiger partial charge in [0, 0.05) is 25.6 Å². The fraction of sp³-hybridized carbons (Fsp3) is 0.382. The van der Waals surface area contributed by atoms with Gasteiger partial charge in [0.25, 0.3) is 0 Å². The highest BCUT2D eigenvalue weighted by molar-refractivity contribution is 5.84. The predicted octanol–water partition coefficient (Wildman–Crippen LogP) is 3.88. The minimum Gasteiger partial charge on any atom is -0.493 e. The Kier molecular flexibility index (Phi) is 9.36. The maximum Gasteiger partial charge on any atom is 0.242 e. The molecule has 2 aliphatic rings. The number of hydrogen-bond donors (Lipinski definition) is 2. The number of hydrogen-bond acceptors (Lipinski definition) is 9. The summed E-state index contributed by atoms with van der Waals surface area (Å²) in [5.41, 5.74) is 5.13. The fourth-order valence-electron chi connectivity index (χ4n) is 6.23. The van der Waals surface area contributed by atoms with Crippen molar-refractivity contribution in [3.05, 3.63) is 68.9 Å². The van der Waals surface area contributed by atoms with Gasteiger partial charge in [0.05, 0.1) is 53.8 Å². The van der Waals surface area contributed by atoms with Crippen molar-refractivity contribution in [3.8, 4) is 39.9 Å². The lowest BCUT2D eigenvalue weighted by atomic mass is 9.95. The van der Waals surface area contributed by atoms with Gasteiger partial charge >= 0.3 is 0 Å². The fourth-order valence-corrected chi connectivity index (χ4v) is 6.23. The lowest BCUT2D eigenvalue weighted by Gasteiger charge is -2.29. The van der Waals surface area contributed by atoms with Gasteiger partial charge in [0.2, 0.25) is 23.0 Å². The second-order valence-electron chi connectivity index (χ2n) is 11.0. The Balaban J connectivity index is 1.47. The number of carbonyl (C=O) groups excluding carboxylic acids is 2. The van der Waals surface area contributed by atoms with E-state index in [1.54, 1.807) is 46.5 Å². The number of amides is 2. The molecule has 0 saturated heterocycles. The van der Waals surface area contributed by atoms with Crippen molar-refractivity contribution in [1.29, 1.82) is 0 Å². The number of benzene rings is 2. The molecule has 0 aromatic heterocycles. The van der Waals surface area contributed by atoms with Crippen LogP contribution in [-0.2, 0) is 29.0 Å². The standard InChI is InChI=1S/C34H39N3O8/c1-19(38)36-25-9-7-21-14-30(43-4)33(44-5)34(45-6)32(21)23-8-10-26(27(39)16-24(23)25)35-17-31(40)37-12-11-20-13-28(41-2)29(42-3)15-22(20)18-37/h8,10,13-16,25H,7,9,11-12,17-18H2,1-6H3,(H,35,39)(H,36,38). The summed E-state index contributed by atoms with van der Waals surface area (Å²) in [5.74, 6) is 2.36. The Morgan fingerprint density at radius 2 is 1.49 bits per heavy atom. The quantitative estimate of drug-likeness (QED) is 0.368. The van der Waals surface area contributed by atoms with Gasteiger partial charge in [0.1, 0.15) is 0 Å². The van der Waals surface area contributed by atoms with Crippen LogP contribution in [0.5, 0.6) is 28.7 Å². The van der Waals surface area contributed by atoms with E-state index in [0.29, 0.717) is 72.2 Å². The lowest BCUT2D eigenvalue weighted by molar-refractivity contribution is -0.130. The minimum atomic E-state index is -0.426. The molecular weight excluding hydrogens is 578 g/mol. The van der Waals surface area contributed by atoms with Crippen LogP contribution >= 0.6 is 0 Å². The molecule has 0 saturated carbocycles. The van der Waals surface area contributed by atoms with Crippen molar-refractivity contribution in [2.24, 2.45) is 0 Å². The Hall–Kier alpha value is -4.93. The van der Waals surface area contributed by atoms with E-state index >= 15 is 0 Å². The summed E-state index contributed by atoms with van der Waals surface area (Å²) in [6, 6.07) is 10.4. The molecular formula is C34H39N3O8. The second-order valence-corrected chi connectivity index (χ2v) is 11.0. The first-order valence-corrected chi connectivity index (χ1v) is 14.8. The molecule has 45 heavy (non-hydrogen) atoms. The zero-order valence-electron chi connectivity index (χ0n) is 26.5. The number of carbonyl (C=O) groups is 2. The monoisotopic (exact) mass is 617 g/mol. The third-order valence-electron chi connectivity index (χ3n) is 8.42. The highest BCUT2D eigenvalue weighted by atomic mass is 16.5. The van der Waals surface area contributed by atoms with Crippen molar-refractivity contribution < 1.29 is 33.3 Å². The molecule has 0 spiro atoms. The summed E-state index contributed by atoms with van der Waals surface area (Å²) >= 11 is 0. The van der Waals surface area contributed by atoms with Crippen LogP contribution in [0.25, 0.3) is 11.1 Å². The molecule has 0 radical (unpaired) electrons. The van der Waals surface area contributed by atoms with E-state index in [1.807, 2.05) is 24.3 Å². The molecule has 3 aromatic carbocycles. The normalized spacial score (nSPS) is 15.0. The molecule has 5 rings (SSSR count). The lowest BCUT2D eigenvalue weighted by Crippen LogP contribution is -2.39. The number of aryl methyl sites for hydroxylation is 1. The Labute approximate surface area is 262 Å². The first-order valence-electron chi connectivity index (χ1n) is 14.8. The van der Waals surface area contributed by atoms with E-state index in [0.717, 1.165) is 22.3 Å². The molecule has 1 heterocycles. The van der Waals surface area contributed by atoms with Crippen molar-refractivity contribution in [2.75, 3.05) is 54.0 Å². The van der Waals surface area contributed by atoms with Crippen LogP contribution in [0.4, 0.5) is 5.69 Å². The van der Waals surface area contributed by atoms with Gasteiger partial charge in [0.15, 0.2) is 23.0 Å². The molecule has 3 aromatic rings. The molecule has 2 N–H and O–H groups in total. The number of ether oxygens (including phenoxy) is 5. The molecule has 0 bridgehead atoms. The molecule has 1 aliphatic heterocycles. The van der Waals surface area contributed by atoms with Gasteiger partial charge < -0.3 is 39.2 Å². The van der Waals surface area contributed by atoms with E-state index in [4.69, 9.17) is 23.7 Å². The molecule has 2 amide bonds. The van der Waals surface area contributed by atoms with Crippen LogP contribution in [0.3, 0.4) is 0 Å². The van der Waals surface area contributed by atoms with E-state index in [9.17, 15) is 14.4 Å². The first kappa shape index (κ1) is 31.5. The number of anilines is 1. The zero-order chi connectivity index (χ0) is 32.2. The summed E-state index contributed by atoms with van der Waals surface area (Å²) < 4.78 is 28.0. The molecule has 1 unspecified atom stereocenters. The molecule has 1 aliphatic carbocycles. The number of fused-ring (bicyclic) bond motifs is 4. The third-order valence-corrected chi connectivity index (χ3v) is 8.42. The summed E-state index contributed by atoms with van der Waals surface area (Å²) in [6.07, 6.45) is 1.83. The minimum absolute atomic E-state index is 0.0629. The molecule has 1 atom stereocenters. The molecule has 11 nitrogen and oxygen atoms in total. The molecule has 0 fully saturated rings. The SMILES string of the molecule is COc1cc2c(cc1OC)CN(C(=O)CNc1ccc3c(cc1=O)C(NC(C)=O)CCc1cc(OC)c(OC)c(OC)c1-3)CC2. The highest BCUT2D eigenvalue weighted by Crippen LogP contribution is 2.50. The van der Waals surface area contributed by atoms with Crippen LogP contribution in [0.2, 0.25) is 0 Å². The van der Waals surface area contributed by atoms with Crippen LogP contribution in [-0.4, -0.2) is 65.4 Å². The maximum absolute atomic E-state index is 13.6. The van der Waals surface area contributed by atoms with Crippen LogP contribution in [0, 0.1) is 0 Å². The van der Waals surface area contributed by atoms with E-state index in [1.165, 1.54) is 13.0 Å². The number of methoxy groups -OCH3 is 5. The van der Waals surface area contributed by atoms with Crippen molar-refractivity contribution in [3.63, 3.8) is 0 Å². The smallest absolute Gasteiger partial charge is 0.242 e. The number of nitrogens with one attached hydrogen (secondary N) is 2.